The van der Waals surface area contributed by atoms with Crippen molar-refractivity contribution < 1.29 is 22.7 Å². The molecule has 170 valence electrons. The smallest absolute Gasteiger partial charge is 0.433 e. The van der Waals surface area contributed by atoms with Crippen LogP contribution in [0.3, 0.4) is 0 Å². The average Bonchev–Trinajstić information content (AvgIpc) is 3.50. The van der Waals surface area contributed by atoms with Crippen molar-refractivity contribution in [2.45, 2.75) is 19.0 Å². The van der Waals surface area contributed by atoms with E-state index in [-0.39, 0.29) is 27.6 Å². The number of amides is 1. The van der Waals surface area contributed by atoms with Crippen LogP contribution in [-0.4, -0.2) is 32.8 Å². The Balaban J connectivity index is 1.73. The Morgan fingerprint density at radius 2 is 2.03 bits per heavy atom. The quantitative estimate of drug-likeness (QED) is 0.581. The minimum Gasteiger partial charge on any atom is -0.494 e. The largest absolute Gasteiger partial charge is 0.494 e. The van der Waals surface area contributed by atoms with Gasteiger partial charge in [-0.2, -0.15) is 13.2 Å². The molecule has 0 aliphatic heterocycles. The summed E-state index contributed by atoms with van der Waals surface area (Å²) in [4.78, 5) is 28.6. The van der Waals surface area contributed by atoms with E-state index in [1.54, 1.807) is 0 Å². The summed E-state index contributed by atoms with van der Waals surface area (Å²) in [6.45, 7) is 0. The van der Waals surface area contributed by atoms with E-state index >= 15 is 0 Å². The Labute approximate surface area is 189 Å². The fourth-order valence-corrected chi connectivity index (χ4v) is 3.48. The van der Waals surface area contributed by atoms with Crippen LogP contribution >= 0.6 is 11.3 Å². The molecule has 1 fully saturated rings. The van der Waals surface area contributed by atoms with Gasteiger partial charge in [0.15, 0.2) is 5.01 Å². The Hall–Kier alpha value is -3.72. The lowest BCUT2D eigenvalue weighted by Crippen LogP contribution is -2.22. The van der Waals surface area contributed by atoms with Crippen LogP contribution < -0.4 is 15.6 Å². The van der Waals surface area contributed by atoms with E-state index < -0.39 is 23.3 Å². The number of ether oxygens (including phenoxy) is 1. The Morgan fingerprint density at radius 1 is 1.27 bits per heavy atom. The number of pyridine rings is 2. The molecular formula is C21H16F3N5O3S. The average molecular weight is 475 g/mol. The van der Waals surface area contributed by atoms with E-state index in [0.717, 1.165) is 47.1 Å². The van der Waals surface area contributed by atoms with E-state index in [9.17, 15) is 22.8 Å². The van der Waals surface area contributed by atoms with Gasteiger partial charge >= 0.3 is 6.18 Å². The van der Waals surface area contributed by atoms with Gasteiger partial charge in [-0.05, 0) is 24.8 Å². The summed E-state index contributed by atoms with van der Waals surface area (Å²) in [5.74, 6) is 5.55. The number of carbonyl (C=O) groups excluding carboxylic acids is 1. The zero-order valence-electron chi connectivity index (χ0n) is 17.4. The molecule has 8 nitrogen and oxygen atoms in total. The summed E-state index contributed by atoms with van der Waals surface area (Å²) in [7, 11) is 2.68. The lowest BCUT2D eigenvalue weighted by Gasteiger charge is -2.15. The van der Waals surface area contributed by atoms with Gasteiger partial charge in [0.05, 0.1) is 18.9 Å². The molecule has 0 unspecified atom stereocenters. The first kappa shape index (κ1) is 22.5. The second-order valence-corrected chi connectivity index (χ2v) is 8.21. The molecule has 1 N–H and O–H groups in total. The number of halogens is 3. The topological polar surface area (TPSA) is 99.0 Å². The first-order valence-corrected chi connectivity index (χ1v) is 10.5. The van der Waals surface area contributed by atoms with Crippen molar-refractivity contribution >= 4 is 22.4 Å². The molecule has 0 saturated heterocycles. The lowest BCUT2D eigenvalue weighted by atomic mass is 10.0. The molecule has 0 bridgehead atoms. The Bertz CT molecular complexity index is 1350. The molecule has 12 heteroatoms. The number of anilines is 1. The summed E-state index contributed by atoms with van der Waals surface area (Å²) in [6, 6.07) is 1.80. The van der Waals surface area contributed by atoms with Gasteiger partial charge in [0.1, 0.15) is 11.4 Å². The maximum absolute atomic E-state index is 13.3. The molecule has 33 heavy (non-hydrogen) atoms. The molecule has 1 amide bonds. The van der Waals surface area contributed by atoms with Gasteiger partial charge in [-0.3, -0.25) is 14.9 Å². The van der Waals surface area contributed by atoms with Gasteiger partial charge in [0.2, 0.25) is 5.13 Å². The fraction of sp³-hybridized carbons (Fsp3) is 0.286. The number of methoxy groups -OCH3 is 1. The summed E-state index contributed by atoms with van der Waals surface area (Å²) < 4.78 is 46.1. The molecule has 3 aromatic rings. The van der Waals surface area contributed by atoms with E-state index in [2.05, 4.69) is 32.3 Å². The third-order valence-electron chi connectivity index (χ3n) is 4.75. The summed E-state index contributed by atoms with van der Waals surface area (Å²) in [5.41, 5.74) is -1.84. The maximum atomic E-state index is 13.3. The van der Waals surface area contributed by atoms with E-state index in [1.165, 1.54) is 20.4 Å². The van der Waals surface area contributed by atoms with Crippen LogP contribution in [-0.2, 0) is 13.2 Å². The number of alkyl halides is 3. The predicted octanol–water partition coefficient (Wildman–Crippen LogP) is 3.34. The first-order valence-electron chi connectivity index (χ1n) is 9.64. The number of nitrogens with one attached hydrogen (secondary N) is 1. The summed E-state index contributed by atoms with van der Waals surface area (Å²) >= 11 is 1.05. The molecule has 1 aliphatic rings. The number of carbonyl (C=O) groups is 1. The first-order chi connectivity index (χ1) is 15.7. The monoisotopic (exact) mass is 475 g/mol. The SMILES string of the molecule is COc1cnc(C(F)(F)F)cc1-c1cn(C)c(=O)cc1C(=O)Nc1nnc(C#CC2CC2)s1. The molecule has 1 saturated carbocycles. The maximum Gasteiger partial charge on any atom is 0.433 e. The number of rotatable bonds is 4. The molecule has 3 aromatic heterocycles. The lowest BCUT2D eigenvalue weighted by molar-refractivity contribution is -0.141. The fourth-order valence-electron chi connectivity index (χ4n) is 2.88. The summed E-state index contributed by atoms with van der Waals surface area (Å²) in [5, 5.41) is 10.9. The van der Waals surface area contributed by atoms with Crippen LogP contribution in [0.15, 0.2) is 29.3 Å². The Kier molecular flexibility index (Phi) is 5.90. The standard InChI is InChI=1S/C21H16F3N5O3S/c1-29-10-14(12-7-16(21(22,23)24)25-9-15(12)32-2)13(8-18(29)30)19(31)26-20-28-27-17(33-20)6-5-11-3-4-11/h7-11H,3-4H2,1-2H3,(H,26,28,31). The number of nitrogens with zero attached hydrogens (tertiary/aromatic N) is 4. The van der Waals surface area contributed by atoms with Crippen LogP contribution in [0.2, 0.25) is 0 Å². The molecule has 3 heterocycles. The molecule has 4 rings (SSSR count). The molecule has 0 spiro atoms. The van der Waals surface area contributed by atoms with Gasteiger partial charge in [0, 0.05) is 36.4 Å². The van der Waals surface area contributed by atoms with Crippen molar-refractivity contribution in [2.75, 3.05) is 12.4 Å². The van der Waals surface area contributed by atoms with E-state index in [4.69, 9.17) is 4.74 Å². The molecule has 0 aromatic carbocycles. The second kappa shape index (κ2) is 8.67. The zero-order chi connectivity index (χ0) is 23.8. The number of hydrogen-bond donors (Lipinski definition) is 1. The molecule has 1 aliphatic carbocycles. The number of hydrogen-bond acceptors (Lipinski definition) is 7. The molecule has 0 atom stereocenters. The third-order valence-corrected chi connectivity index (χ3v) is 5.50. The summed E-state index contributed by atoms with van der Waals surface area (Å²) in [6.07, 6.45) is -0.428. The van der Waals surface area contributed by atoms with Gasteiger partial charge in [0.25, 0.3) is 11.5 Å². The zero-order valence-corrected chi connectivity index (χ0v) is 18.2. The van der Waals surface area contributed by atoms with Crippen LogP contribution in [0.1, 0.15) is 33.9 Å². The Morgan fingerprint density at radius 3 is 2.70 bits per heavy atom. The van der Waals surface area contributed by atoms with Gasteiger partial charge in [-0.25, -0.2) is 4.98 Å². The highest BCUT2D eigenvalue weighted by Gasteiger charge is 2.34. The number of aromatic nitrogens is 4. The van der Waals surface area contributed by atoms with Crippen molar-refractivity contribution in [1.82, 2.24) is 19.7 Å². The van der Waals surface area contributed by atoms with Gasteiger partial charge in [-0.15, -0.1) is 10.2 Å². The van der Waals surface area contributed by atoms with Crippen molar-refractivity contribution in [2.24, 2.45) is 13.0 Å². The highest BCUT2D eigenvalue weighted by molar-refractivity contribution is 7.15. The van der Waals surface area contributed by atoms with Crippen molar-refractivity contribution in [1.29, 1.82) is 0 Å². The van der Waals surface area contributed by atoms with Crippen molar-refractivity contribution in [3.63, 3.8) is 0 Å². The van der Waals surface area contributed by atoms with E-state index in [0.29, 0.717) is 10.9 Å². The minimum absolute atomic E-state index is 0.00394. The predicted molar refractivity (Wildman–Crippen MR) is 114 cm³/mol. The van der Waals surface area contributed by atoms with E-state index in [1.807, 2.05) is 0 Å². The van der Waals surface area contributed by atoms with Crippen LogP contribution in [0.4, 0.5) is 18.3 Å². The number of aryl methyl sites for hydroxylation is 1. The molecular weight excluding hydrogens is 459 g/mol. The highest BCUT2D eigenvalue weighted by Crippen LogP contribution is 2.37. The highest BCUT2D eigenvalue weighted by atomic mass is 32.1. The molecule has 0 radical (unpaired) electrons. The minimum atomic E-state index is -4.71. The van der Waals surface area contributed by atoms with Gasteiger partial charge < -0.3 is 9.30 Å². The van der Waals surface area contributed by atoms with Crippen molar-refractivity contribution in [3.05, 3.63) is 51.1 Å². The normalized spacial score (nSPS) is 13.2. The van der Waals surface area contributed by atoms with Crippen LogP contribution in [0.25, 0.3) is 11.1 Å². The van der Waals surface area contributed by atoms with Crippen LogP contribution in [0, 0.1) is 17.8 Å². The van der Waals surface area contributed by atoms with Crippen molar-refractivity contribution in [3.8, 4) is 28.7 Å². The second-order valence-electron chi connectivity index (χ2n) is 7.23. The third kappa shape index (κ3) is 5.04. The van der Waals surface area contributed by atoms with Crippen LogP contribution in [0.5, 0.6) is 5.75 Å². The van der Waals surface area contributed by atoms with Gasteiger partial charge in [-0.1, -0.05) is 17.3 Å².